The molecular weight excluding hydrogens is 188 g/mol. The summed E-state index contributed by atoms with van der Waals surface area (Å²) in [5.41, 5.74) is 0. The van der Waals surface area contributed by atoms with Crippen LogP contribution in [0.15, 0.2) is 12.7 Å². The number of carbonyl (C=O) groups excluding carboxylic acids is 1. The van der Waals surface area contributed by atoms with Gasteiger partial charge in [-0.1, -0.05) is 18.9 Å². The molecule has 0 saturated heterocycles. The molecule has 2 amide bonds. The van der Waals surface area contributed by atoms with Gasteiger partial charge in [0.15, 0.2) is 0 Å². The average molecular weight is 210 g/mol. The number of carbonyl (C=O) groups is 1. The van der Waals surface area contributed by atoms with E-state index in [2.05, 4.69) is 11.9 Å². The molecule has 0 aliphatic heterocycles. The molecule has 0 spiro atoms. The van der Waals surface area contributed by atoms with Crippen LogP contribution in [0.3, 0.4) is 0 Å². The Kier molecular flexibility index (Phi) is 4.66. The first-order valence-electron chi connectivity index (χ1n) is 5.83. The number of amides is 2. The van der Waals surface area contributed by atoms with E-state index in [-0.39, 0.29) is 12.1 Å². The lowest BCUT2D eigenvalue weighted by Crippen LogP contribution is -2.47. The first kappa shape index (κ1) is 12.1. The van der Waals surface area contributed by atoms with Gasteiger partial charge in [-0.3, -0.25) is 0 Å². The third-order valence-electron chi connectivity index (χ3n) is 2.89. The van der Waals surface area contributed by atoms with Gasteiger partial charge in [0.1, 0.15) is 0 Å². The third kappa shape index (κ3) is 3.57. The van der Waals surface area contributed by atoms with Crippen molar-refractivity contribution in [2.24, 2.45) is 0 Å². The van der Waals surface area contributed by atoms with Crippen molar-refractivity contribution in [3.05, 3.63) is 12.7 Å². The molecule has 1 aliphatic carbocycles. The number of nitrogens with one attached hydrogen (secondary N) is 1. The van der Waals surface area contributed by atoms with Gasteiger partial charge in [0.05, 0.1) is 0 Å². The zero-order valence-electron chi connectivity index (χ0n) is 9.83. The van der Waals surface area contributed by atoms with Crippen molar-refractivity contribution in [3.63, 3.8) is 0 Å². The van der Waals surface area contributed by atoms with Crippen LogP contribution < -0.4 is 5.32 Å². The fourth-order valence-electron chi connectivity index (χ4n) is 2.00. The van der Waals surface area contributed by atoms with Gasteiger partial charge in [0.25, 0.3) is 0 Å². The van der Waals surface area contributed by atoms with Crippen LogP contribution in [0, 0.1) is 0 Å². The van der Waals surface area contributed by atoms with E-state index in [1.165, 1.54) is 12.8 Å². The fraction of sp³-hybridized carbons (Fsp3) is 0.750. The zero-order chi connectivity index (χ0) is 11.3. The van der Waals surface area contributed by atoms with Crippen LogP contribution in [-0.2, 0) is 0 Å². The number of hydrogen-bond donors (Lipinski definition) is 1. The molecule has 15 heavy (non-hydrogen) atoms. The van der Waals surface area contributed by atoms with Crippen molar-refractivity contribution in [3.8, 4) is 0 Å². The van der Waals surface area contributed by atoms with Crippen molar-refractivity contribution in [1.82, 2.24) is 10.2 Å². The molecule has 1 rings (SSSR count). The number of urea groups is 1. The molecule has 0 unspecified atom stereocenters. The molecular formula is C12H22N2O. The molecule has 0 aromatic carbocycles. The Balaban J connectivity index is 2.43. The smallest absolute Gasteiger partial charge is 0.318 e. The lowest BCUT2D eigenvalue weighted by Gasteiger charge is -2.27. The molecule has 1 aliphatic rings. The first-order chi connectivity index (χ1) is 7.15. The van der Waals surface area contributed by atoms with Gasteiger partial charge in [-0.2, -0.15) is 0 Å². The summed E-state index contributed by atoms with van der Waals surface area (Å²) in [5.74, 6) is 0. The Morgan fingerprint density at radius 3 is 2.60 bits per heavy atom. The van der Waals surface area contributed by atoms with Gasteiger partial charge >= 0.3 is 6.03 Å². The second kappa shape index (κ2) is 5.79. The minimum Gasteiger partial charge on any atom is -0.335 e. The SMILES string of the molecule is C=CCN(C(=O)NC1CCCC1)C(C)C. The van der Waals surface area contributed by atoms with Crippen LogP contribution in [-0.4, -0.2) is 29.6 Å². The molecule has 1 saturated carbocycles. The Morgan fingerprint density at radius 2 is 2.13 bits per heavy atom. The maximum absolute atomic E-state index is 11.9. The molecule has 1 N–H and O–H groups in total. The van der Waals surface area contributed by atoms with Crippen LogP contribution in [0.1, 0.15) is 39.5 Å². The highest BCUT2D eigenvalue weighted by Crippen LogP contribution is 2.18. The van der Waals surface area contributed by atoms with E-state index in [0.717, 1.165) is 12.8 Å². The number of rotatable bonds is 4. The summed E-state index contributed by atoms with van der Waals surface area (Å²) in [6.45, 7) is 8.35. The maximum Gasteiger partial charge on any atom is 0.318 e. The van der Waals surface area contributed by atoms with Crippen molar-refractivity contribution in [1.29, 1.82) is 0 Å². The van der Waals surface area contributed by atoms with Crippen LogP contribution in [0.5, 0.6) is 0 Å². The van der Waals surface area contributed by atoms with E-state index >= 15 is 0 Å². The Hall–Kier alpha value is -0.990. The van der Waals surface area contributed by atoms with E-state index in [4.69, 9.17) is 0 Å². The number of hydrogen-bond acceptors (Lipinski definition) is 1. The largest absolute Gasteiger partial charge is 0.335 e. The van der Waals surface area contributed by atoms with Crippen molar-refractivity contribution < 1.29 is 4.79 Å². The highest BCUT2D eigenvalue weighted by Gasteiger charge is 2.21. The molecule has 3 nitrogen and oxygen atoms in total. The lowest BCUT2D eigenvalue weighted by atomic mass is 10.2. The van der Waals surface area contributed by atoms with Crippen LogP contribution >= 0.6 is 0 Å². The standard InChI is InChI=1S/C12H22N2O/c1-4-9-14(10(2)3)12(15)13-11-7-5-6-8-11/h4,10-11H,1,5-9H2,2-3H3,(H,13,15). The normalized spacial score (nSPS) is 16.7. The second-order valence-electron chi connectivity index (χ2n) is 4.47. The van der Waals surface area contributed by atoms with Crippen molar-refractivity contribution in [2.45, 2.75) is 51.6 Å². The summed E-state index contributed by atoms with van der Waals surface area (Å²) in [5, 5.41) is 3.08. The van der Waals surface area contributed by atoms with Gasteiger partial charge in [-0.25, -0.2) is 4.79 Å². The van der Waals surface area contributed by atoms with E-state index < -0.39 is 0 Å². The van der Waals surface area contributed by atoms with Gasteiger partial charge < -0.3 is 10.2 Å². The molecule has 0 bridgehead atoms. The van der Waals surface area contributed by atoms with Crippen molar-refractivity contribution >= 4 is 6.03 Å². The topological polar surface area (TPSA) is 32.3 Å². The summed E-state index contributed by atoms with van der Waals surface area (Å²) in [6.07, 6.45) is 6.52. The molecule has 0 heterocycles. The minimum absolute atomic E-state index is 0.0526. The monoisotopic (exact) mass is 210 g/mol. The predicted molar refractivity (Wildman–Crippen MR) is 62.8 cm³/mol. The Labute approximate surface area is 92.5 Å². The van der Waals surface area contributed by atoms with Gasteiger partial charge in [-0.15, -0.1) is 6.58 Å². The Morgan fingerprint density at radius 1 is 1.53 bits per heavy atom. The molecule has 3 heteroatoms. The van der Waals surface area contributed by atoms with Gasteiger partial charge in [0, 0.05) is 18.6 Å². The van der Waals surface area contributed by atoms with Crippen molar-refractivity contribution in [2.75, 3.05) is 6.54 Å². The average Bonchev–Trinajstić information content (AvgIpc) is 2.65. The summed E-state index contributed by atoms with van der Waals surface area (Å²) in [4.78, 5) is 13.7. The first-order valence-corrected chi connectivity index (χ1v) is 5.83. The molecule has 1 fully saturated rings. The molecule has 0 aromatic rings. The molecule has 0 aromatic heterocycles. The maximum atomic E-state index is 11.9. The lowest BCUT2D eigenvalue weighted by molar-refractivity contribution is 0.186. The van der Waals surface area contributed by atoms with Gasteiger partial charge in [-0.05, 0) is 26.7 Å². The van der Waals surface area contributed by atoms with E-state index in [1.54, 1.807) is 6.08 Å². The van der Waals surface area contributed by atoms with Crippen LogP contribution in [0.2, 0.25) is 0 Å². The van der Waals surface area contributed by atoms with Crippen LogP contribution in [0.4, 0.5) is 4.79 Å². The fourth-order valence-corrected chi connectivity index (χ4v) is 2.00. The second-order valence-corrected chi connectivity index (χ2v) is 4.47. The quantitative estimate of drug-likeness (QED) is 0.710. The minimum atomic E-state index is 0.0526. The summed E-state index contributed by atoms with van der Waals surface area (Å²) < 4.78 is 0. The third-order valence-corrected chi connectivity index (χ3v) is 2.89. The van der Waals surface area contributed by atoms with E-state index in [0.29, 0.717) is 12.6 Å². The Bertz CT molecular complexity index is 220. The summed E-state index contributed by atoms with van der Waals surface area (Å²) >= 11 is 0. The van der Waals surface area contributed by atoms with E-state index in [1.807, 2.05) is 18.7 Å². The predicted octanol–water partition coefficient (Wildman–Crippen LogP) is 2.54. The molecule has 86 valence electrons. The van der Waals surface area contributed by atoms with Crippen LogP contribution in [0.25, 0.3) is 0 Å². The zero-order valence-corrected chi connectivity index (χ0v) is 9.83. The molecule has 0 atom stereocenters. The molecule has 0 radical (unpaired) electrons. The van der Waals surface area contributed by atoms with Gasteiger partial charge in [0.2, 0.25) is 0 Å². The summed E-state index contributed by atoms with van der Waals surface area (Å²) in [7, 11) is 0. The van der Waals surface area contributed by atoms with E-state index in [9.17, 15) is 4.79 Å². The summed E-state index contributed by atoms with van der Waals surface area (Å²) in [6, 6.07) is 0.671. The number of nitrogens with zero attached hydrogens (tertiary/aromatic N) is 1. The highest BCUT2D eigenvalue weighted by atomic mass is 16.2. The highest BCUT2D eigenvalue weighted by molar-refractivity contribution is 5.75.